The molecule has 1 aliphatic heterocycles. The van der Waals surface area contributed by atoms with Crippen molar-refractivity contribution in [1.82, 2.24) is 20.4 Å². The van der Waals surface area contributed by atoms with E-state index in [4.69, 9.17) is 15.6 Å². The quantitative estimate of drug-likeness (QED) is 0.278. The summed E-state index contributed by atoms with van der Waals surface area (Å²) in [5.74, 6) is -0.900. The Morgan fingerprint density at radius 1 is 0.931 bits per heavy atom. The number of carbonyl (C=O) groups is 2. The second kappa shape index (κ2) is 13.6. The Morgan fingerprint density at radius 2 is 1.38 bits per heavy atom. The summed E-state index contributed by atoms with van der Waals surface area (Å²) in [6.45, 7) is 5.18. The highest BCUT2D eigenvalue weighted by atomic mass is 16.3. The van der Waals surface area contributed by atoms with Crippen LogP contribution in [0.25, 0.3) is 0 Å². The van der Waals surface area contributed by atoms with Crippen molar-refractivity contribution in [3.05, 3.63) is 47.9 Å². The SMILES string of the molecule is CCNC(=O)/C(C#N)=C/C=C/N1CCN(/C=C/C=C(\C#N)C(=O)NCCO)CC1. The Hall–Kier alpha value is -3.56. The number of rotatable bonds is 9. The molecule has 154 valence electrons. The second-order valence-electron chi connectivity index (χ2n) is 5.98. The Bertz CT molecular complexity index is 762. The minimum Gasteiger partial charge on any atom is -0.395 e. The summed E-state index contributed by atoms with van der Waals surface area (Å²) in [6, 6.07) is 3.71. The number of amides is 2. The minimum atomic E-state index is -0.515. The van der Waals surface area contributed by atoms with Gasteiger partial charge in [-0.3, -0.25) is 9.59 Å². The maximum Gasteiger partial charge on any atom is 0.262 e. The van der Waals surface area contributed by atoms with Gasteiger partial charge in [0.25, 0.3) is 11.8 Å². The smallest absolute Gasteiger partial charge is 0.262 e. The fourth-order valence-corrected chi connectivity index (χ4v) is 2.41. The fraction of sp³-hybridized carbons (Fsp3) is 0.400. The third-order valence-corrected chi connectivity index (χ3v) is 3.93. The Labute approximate surface area is 170 Å². The molecule has 0 aliphatic carbocycles. The predicted molar refractivity (Wildman–Crippen MR) is 108 cm³/mol. The number of aliphatic hydroxyl groups is 1. The van der Waals surface area contributed by atoms with E-state index in [9.17, 15) is 9.59 Å². The van der Waals surface area contributed by atoms with Crippen LogP contribution in [0.3, 0.4) is 0 Å². The highest BCUT2D eigenvalue weighted by Gasteiger charge is 2.11. The molecular formula is C20H26N6O3. The number of nitrogens with zero attached hydrogens (tertiary/aromatic N) is 4. The molecule has 0 bridgehead atoms. The summed E-state index contributed by atoms with van der Waals surface area (Å²) in [6.07, 6.45) is 9.93. The first kappa shape index (κ1) is 23.5. The van der Waals surface area contributed by atoms with Crippen LogP contribution in [0.2, 0.25) is 0 Å². The normalized spacial score (nSPS) is 15.3. The number of nitrogens with one attached hydrogen (secondary N) is 2. The van der Waals surface area contributed by atoms with Crippen LogP contribution in [0.15, 0.2) is 47.9 Å². The molecule has 1 rings (SSSR count). The molecule has 1 saturated heterocycles. The number of nitriles is 2. The number of likely N-dealkylation sites (N-methyl/N-ethyl adjacent to an activating group) is 1. The number of piperazine rings is 1. The van der Waals surface area contributed by atoms with Gasteiger partial charge in [-0.1, -0.05) is 0 Å². The zero-order chi connectivity index (χ0) is 21.5. The lowest BCUT2D eigenvalue weighted by atomic mass is 10.2. The molecule has 0 aromatic carbocycles. The highest BCUT2D eigenvalue weighted by Crippen LogP contribution is 2.04. The summed E-state index contributed by atoms with van der Waals surface area (Å²) in [4.78, 5) is 27.5. The van der Waals surface area contributed by atoms with Crippen molar-refractivity contribution < 1.29 is 14.7 Å². The van der Waals surface area contributed by atoms with Crippen molar-refractivity contribution in [1.29, 1.82) is 10.5 Å². The topological polar surface area (TPSA) is 132 Å². The minimum absolute atomic E-state index is 0.0246. The third-order valence-electron chi connectivity index (χ3n) is 3.93. The van der Waals surface area contributed by atoms with Crippen LogP contribution >= 0.6 is 0 Å². The first-order valence-corrected chi connectivity index (χ1v) is 9.28. The van der Waals surface area contributed by atoms with Crippen molar-refractivity contribution >= 4 is 11.8 Å². The van der Waals surface area contributed by atoms with Crippen LogP contribution in [-0.2, 0) is 9.59 Å². The van der Waals surface area contributed by atoms with Gasteiger partial charge in [0.1, 0.15) is 23.3 Å². The number of hydrogen-bond acceptors (Lipinski definition) is 7. The monoisotopic (exact) mass is 398 g/mol. The molecule has 1 heterocycles. The number of carbonyl (C=O) groups excluding carboxylic acids is 2. The lowest BCUT2D eigenvalue weighted by Crippen LogP contribution is -2.41. The molecule has 0 atom stereocenters. The van der Waals surface area contributed by atoms with E-state index in [1.165, 1.54) is 12.2 Å². The van der Waals surface area contributed by atoms with Gasteiger partial charge < -0.3 is 25.5 Å². The molecule has 0 aromatic heterocycles. The van der Waals surface area contributed by atoms with Crippen molar-refractivity contribution in [3.63, 3.8) is 0 Å². The van der Waals surface area contributed by atoms with Crippen LogP contribution < -0.4 is 10.6 Å². The molecule has 9 heteroatoms. The van der Waals surface area contributed by atoms with Gasteiger partial charge in [0, 0.05) is 39.3 Å². The van der Waals surface area contributed by atoms with Crippen LogP contribution in [0.5, 0.6) is 0 Å². The summed E-state index contributed by atoms with van der Waals surface area (Å²) >= 11 is 0. The summed E-state index contributed by atoms with van der Waals surface area (Å²) < 4.78 is 0. The molecule has 29 heavy (non-hydrogen) atoms. The molecule has 2 amide bonds. The van der Waals surface area contributed by atoms with E-state index in [1.54, 1.807) is 19.1 Å². The Morgan fingerprint density at radius 3 is 1.76 bits per heavy atom. The van der Waals surface area contributed by atoms with E-state index in [0.717, 1.165) is 26.2 Å². The summed E-state index contributed by atoms with van der Waals surface area (Å²) in [5, 5.41) is 31.7. The van der Waals surface area contributed by atoms with Gasteiger partial charge in [0.05, 0.1) is 6.61 Å². The van der Waals surface area contributed by atoms with Gasteiger partial charge in [0.2, 0.25) is 0 Å². The van der Waals surface area contributed by atoms with Gasteiger partial charge in [-0.2, -0.15) is 10.5 Å². The molecule has 3 N–H and O–H groups in total. The van der Waals surface area contributed by atoms with Crippen LogP contribution in [-0.4, -0.2) is 72.6 Å². The molecular weight excluding hydrogens is 372 g/mol. The van der Waals surface area contributed by atoms with E-state index in [2.05, 4.69) is 20.4 Å². The maximum atomic E-state index is 11.7. The van der Waals surface area contributed by atoms with E-state index < -0.39 is 5.91 Å². The molecule has 0 unspecified atom stereocenters. The first-order valence-electron chi connectivity index (χ1n) is 9.28. The third kappa shape index (κ3) is 8.78. The van der Waals surface area contributed by atoms with Crippen LogP contribution in [0, 0.1) is 22.7 Å². The van der Waals surface area contributed by atoms with Crippen LogP contribution in [0.1, 0.15) is 6.92 Å². The molecule has 1 fully saturated rings. The molecule has 0 saturated carbocycles. The van der Waals surface area contributed by atoms with Crippen LogP contribution in [0.4, 0.5) is 0 Å². The average molecular weight is 398 g/mol. The van der Waals surface area contributed by atoms with Crippen molar-refractivity contribution in [2.24, 2.45) is 0 Å². The van der Waals surface area contributed by atoms with E-state index in [1.807, 2.05) is 24.5 Å². The van der Waals surface area contributed by atoms with Gasteiger partial charge in [-0.05, 0) is 43.6 Å². The molecule has 0 radical (unpaired) electrons. The molecule has 0 spiro atoms. The lowest BCUT2D eigenvalue weighted by molar-refractivity contribution is -0.117. The highest BCUT2D eigenvalue weighted by molar-refractivity contribution is 5.97. The summed E-state index contributed by atoms with van der Waals surface area (Å²) in [5.41, 5.74) is 0.0382. The summed E-state index contributed by atoms with van der Waals surface area (Å²) in [7, 11) is 0. The number of allylic oxidation sites excluding steroid dienone is 4. The first-order chi connectivity index (χ1) is 14.0. The van der Waals surface area contributed by atoms with Gasteiger partial charge in [0.15, 0.2) is 0 Å². The Balaban J connectivity index is 2.52. The maximum absolute atomic E-state index is 11.7. The zero-order valence-corrected chi connectivity index (χ0v) is 16.5. The van der Waals surface area contributed by atoms with Gasteiger partial charge in [-0.25, -0.2) is 0 Å². The Kier molecular flexibility index (Phi) is 11.0. The number of hydrogen-bond donors (Lipinski definition) is 3. The van der Waals surface area contributed by atoms with Gasteiger partial charge >= 0.3 is 0 Å². The van der Waals surface area contributed by atoms with Crippen molar-refractivity contribution in [2.45, 2.75) is 6.92 Å². The van der Waals surface area contributed by atoms with Crippen molar-refractivity contribution in [3.8, 4) is 12.1 Å². The fourth-order valence-electron chi connectivity index (χ4n) is 2.41. The average Bonchev–Trinajstić information content (AvgIpc) is 2.73. The van der Waals surface area contributed by atoms with E-state index >= 15 is 0 Å². The van der Waals surface area contributed by atoms with Gasteiger partial charge in [-0.15, -0.1) is 0 Å². The van der Waals surface area contributed by atoms with Crippen molar-refractivity contribution in [2.75, 3.05) is 45.9 Å². The standard InChI is InChI=1S/C20H26N6O3/c1-2-23-19(28)17(15-21)5-3-8-25-10-12-26(13-11-25)9-4-6-18(16-22)20(29)24-7-14-27/h3-6,8-9,27H,2,7,10-14H2,1H3,(H,23,28)(H,24,29)/b8-3+,9-4+,17-5+,18-6+. The largest absolute Gasteiger partial charge is 0.395 e. The molecule has 0 aromatic rings. The van der Waals surface area contributed by atoms with E-state index in [0.29, 0.717) is 6.54 Å². The zero-order valence-electron chi connectivity index (χ0n) is 16.5. The predicted octanol–water partition coefficient (Wildman–Crippen LogP) is -0.224. The molecule has 9 nitrogen and oxygen atoms in total. The molecule has 1 aliphatic rings. The van der Waals surface area contributed by atoms with E-state index in [-0.39, 0.29) is 30.2 Å². The lowest BCUT2D eigenvalue weighted by Gasteiger charge is -2.33. The number of aliphatic hydroxyl groups excluding tert-OH is 1. The second-order valence-corrected chi connectivity index (χ2v) is 5.98.